The molecule has 18 heavy (non-hydrogen) atoms. The molecule has 0 aromatic heterocycles. The van der Waals surface area contributed by atoms with Crippen molar-refractivity contribution in [3.05, 3.63) is 29.6 Å². The molecule has 0 spiro atoms. The number of hydrogen-bond donors (Lipinski definition) is 2. The summed E-state index contributed by atoms with van der Waals surface area (Å²) in [4.78, 5) is 0. The van der Waals surface area contributed by atoms with Gasteiger partial charge in [0.25, 0.3) is 0 Å². The van der Waals surface area contributed by atoms with Gasteiger partial charge in [-0.3, -0.25) is 0 Å². The molecular formula is C15H22FNO. The molecule has 0 amide bonds. The van der Waals surface area contributed by atoms with Crippen LogP contribution in [0.4, 0.5) is 4.39 Å². The fourth-order valence-corrected chi connectivity index (χ4v) is 2.83. The van der Waals surface area contributed by atoms with Crippen molar-refractivity contribution in [2.45, 2.75) is 39.2 Å². The van der Waals surface area contributed by atoms with Gasteiger partial charge < -0.3 is 10.4 Å². The summed E-state index contributed by atoms with van der Waals surface area (Å²) in [6.07, 6.45) is 5.30. The second kappa shape index (κ2) is 6.19. The summed E-state index contributed by atoms with van der Waals surface area (Å²) in [5.74, 6) is 0.785. The molecule has 0 heterocycles. The van der Waals surface area contributed by atoms with Crippen molar-refractivity contribution in [3.8, 4) is 5.75 Å². The minimum atomic E-state index is -0.541. The zero-order valence-corrected chi connectivity index (χ0v) is 11.0. The zero-order valence-electron chi connectivity index (χ0n) is 11.0. The summed E-state index contributed by atoms with van der Waals surface area (Å²) in [5.41, 5.74) is 0.883. The van der Waals surface area contributed by atoms with Crippen LogP contribution in [0.25, 0.3) is 0 Å². The number of phenols is 1. The molecule has 1 aliphatic carbocycles. The molecule has 2 atom stereocenters. The Morgan fingerprint density at radius 3 is 2.94 bits per heavy atom. The average molecular weight is 251 g/mol. The fourth-order valence-electron chi connectivity index (χ4n) is 2.83. The van der Waals surface area contributed by atoms with Crippen LogP contribution in [0.15, 0.2) is 18.2 Å². The highest BCUT2D eigenvalue weighted by Gasteiger charge is 2.18. The molecule has 1 aromatic rings. The second-order valence-electron chi connectivity index (χ2n) is 5.55. The lowest BCUT2D eigenvalue weighted by atomic mass is 9.82. The van der Waals surface area contributed by atoms with Crippen LogP contribution in [0.5, 0.6) is 5.75 Å². The second-order valence-corrected chi connectivity index (χ2v) is 5.55. The standard InChI is InChI=1S/C15H22FNO/c1-11-3-2-4-12(7-11)9-17-10-13-5-6-15(18)14(16)8-13/h5-6,8,11-12,17-18H,2-4,7,9-10H2,1H3. The Bertz CT molecular complexity index is 394. The summed E-state index contributed by atoms with van der Waals surface area (Å²) in [5, 5.41) is 12.5. The summed E-state index contributed by atoms with van der Waals surface area (Å²) in [7, 11) is 0. The van der Waals surface area contributed by atoms with Crippen LogP contribution >= 0.6 is 0 Å². The van der Waals surface area contributed by atoms with Gasteiger partial charge in [0.2, 0.25) is 0 Å². The first-order chi connectivity index (χ1) is 8.65. The lowest BCUT2D eigenvalue weighted by Crippen LogP contribution is -2.26. The number of rotatable bonds is 4. The zero-order chi connectivity index (χ0) is 13.0. The highest BCUT2D eigenvalue weighted by Crippen LogP contribution is 2.28. The molecule has 100 valence electrons. The molecule has 1 fully saturated rings. The summed E-state index contributed by atoms with van der Waals surface area (Å²) in [6.45, 7) is 4.00. The van der Waals surface area contributed by atoms with Gasteiger partial charge in [-0.1, -0.05) is 25.8 Å². The third-order valence-corrected chi connectivity index (χ3v) is 3.82. The van der Waals surface area contributed by atoms with E-state index < -0.39 is 5.82 Å². The lowest BCUT2D eigenvalue weighted by Gasteiger charge is -2.26. The Kier molecular flexibility index (Phi) is 4.59. The predicted octanol–water partition coefficient (Wildman–Crippen LogP) is 3.45. The van der Waals surface area contributed by atoms with E-state index in [2.05, 4.69) is 12.2 Å². The van der Waals surface area contributed by atoms with Crippen LogP contribution in [-0.4, -0.2) is 11.7 Å². The van der Waals surface area contributed by atoms with Crippen molar-refractivity contribution in [2.75, 3.05) is 6.54 Å². The number of halogens is 1. The van der Waals surface area contributed by atoms with Gasteiger partial charge in [-0.25, -0.2) is 4.39 Å². The molecule has 0 aliphatic heterocycles. The Labute approximate surface area is 108 Å². The summed E-state index contributed by atoms with van der Waals surface area (Å²) in [6, 6.07) is 4.57. The van der Waals surface area contributed by atoms with Gasteiger partial charge in [0.05, 0.1) is 0 Å². The van der Waals surface area contributed by atoms with E-state index >= 15 is 0 Å². The molecule has 0 bridgehead atoms. The number of benzene rings is 1. The molecule has 2 unspecified atom stereocenters. The van der Waals surface area contributed by atoms with Gasteiger partial charge in [-0.2, -0.15) is 0 Å². The van der Waals surface area contributed by atoms with Crippen LogP contribution in [0.3, 0.4) is 0 Å². The number of nitrogens with one attached hydrogen (secondary N) is 1. The Morgan fingerprint density at radius 1 is 1.39 bits per heavy atom. The van der Waals surface area contributed by atoms with Crippen LogP contribution in [0.2, 0.25) is 0 Å². The van der Waals surface area contributed by atoms with E-state index in [9.17, 15) is 4.39 Å². The lowest BCUT2D eigenvalue weighted by molar-refractivity contribution is 0.274. The van der Waals surface area contributed by atoms with E-state index in [1.807, 2.05) is 0 Å². The maximum absolute atomic E-state index is 13.1. The van der Waals surface area contributed by atoms with Gasteiger partial charge >= 0.3 is 0 Å². The van der Waals surface area contributed by atoms with Crippen molar-refractivity contribution >= 4 is 0 Å². The topological polar surface area (TPSA) is 32.3 Å². The molecular weight excluding hydrogens is 229 g/mol. The SMILES string of the molecule is CC1CCCC(CNCc2ccc(O)c(F)c2)C1. The minimum Gasteiger partial charge on any atom is -0.505 e. The van der Waals surface area contributed by atoms with Crippen molar-refractivity contribution in [2.24, 2.45) is 11.8 Å². The van der Waals surface area contributed by atoms with Crippen molar-refractivity contribution in [1.82, 2.24) is 5.32 Å². The van der Waals surface area contributed by atoms with Gasteiger partial charge in [-0.05, 0) is 48.9 Å². The van der Waals surface area contributed by atoms with E-state index in [0.717, 1.165) is 23.9 Å². The van der Waals surface area contributed by atoms with Gasteiger partial charge in [0.1, 0.15) is 0 Å². The van der Waals surface area contributed by atoms with E-state index in [1.54, 1.807) is 6.07 Å². The first kappa shape index (κ1) is 13.3. The molecule has 2 nitrogen and oxygen atoms in total. The van der Waals surface area contributed by atoms with Crippen molar-refractivity contribution < 1.29 is 9.50 Å². The Morgan fingerprint density at radius 2 is 2.22 bits per heavy atom. The van der Waals surface area contributed by atoms with Crippen LogP contribution in [0, 0.1) is 17.7 Å². The van der Waals surface area contributed by atoms with Gasteiger partial charge in [-0.15, -0.1) is 0 Å². The molecule has 1 saturated carbocycles. The maximum Gasteiger partial charge on any atom is 0.165 e. The Hall–Kier alpha value is -1.09. The van der Waals surface area contributed by atoms with Crippen molar-refractivity contribution in [3.63, 3.8) is 0 Å². The predicted molar refractivity (Wildman–Crippen MR) is 70.9 cm³/mol. The quantitative estimate of drug-likeness (QED) is 0.859. The molecule has 1 aliphatic rings. The van der Waals surface area contributed by atoms with Crippen LogP contribution in [0.1, 0.15) is 38.2 Å². The smallest absolute Gasteiger partial charge is 0.165 e. The number of hydrogen-bond acceptors (Lipinski definition) is 2. The Balaban J connectivity index is 1.76. The third kappa shape index (κ3) is 3.70. The molecule has 0 saturated heterocycles. The van der Waals surface area contributed by atoms with Crippen molar-refractivity contribution in [1.29, 1.82) is 0 Å². The molecule has 3 heteroatoms. The minimum absolute atomic E-state index is 0.278. The van der Waals surface area contributed by atoms with Crippen LogP contribution in [-0.2, 0) is 6.54 Å². The van der Waals surface area contributed by atoms with E-state index in [0.29, 0.717) is 6.54 Å². The highest BCUT2D eigenvalue weighted by molar-refractivity contribution is 5.27. The summed E-state index contributed by atoms with van der Waals surface area (Å²) < 4.78 is 13.1. The largest absolute Gasteiger partial charge is 0.505 e. The number of phenolic OH excluding ortho intramolecular Hbond substituents is 1. The van der Waals surface area contributed by atoms with E-state index in [1.165, 1.54) is 37.8 Å². The summed E-state index contributed by atoms with van der Waals surface area (Å²) >= 11 is 0. The molecule has 1 aromatic carbocycles. The first-order valence-corrected chi connectivity index (χ1v) is 6.83. The monoisotopic (exact) mass is 251 g/mol. The van der Waals surface area contributed by atoms with Gasteiger partial charge in [0, 0.05) is 6.54 Å². The average Bonchev–Trinajstić information content (AvgIpc) is 2.34. The molecule has 0 radical (unpaired) electrons. The maximum atomic E-state index is 13.1. The number of aromatic hydroxyl groups is 1. The highest BCUT2D eigenvalue weighted by atomic mass is 19.1. The third-order valence-electron chi connectivity index (χ3n) is 3.82. The van der Waals surface area contributed by atoms with Gasteiger partial charge in [0.15, 0.2) is 11.6 Å². The fraction of sp³-hybridized carbons (Fsp3) is 0.600. The first-order valence-electron chi connectivity index (χ1n) is 6.83. The molecule has 2 rings (SSSR count). The normalized spacial score (nSPS) is 24.1. The van der Waals surface area contributed by atoms with E-state index in [-0.39, 0.29) is 5.75 Å². The van der Waals surface area contributed by atoms with E-state index in [4.69, 9.17) is 5.11 Å². The van der Waals surface area contributed by atoms with Crippen LogP contribution < -0.4 is 5.32 Å². The molecule has 2 N–H and O–H groups in total.